The lowest BCUT2D eigenvalue weighted by atomic mass is 9.88. The predicted molar refractivity (Wildman–Crippen MR) is 109 cm³/mol. The van der Waals surface area contributed by atoms with Crippen molar-refractivity contribution >= 4 is 21.6 Å². The molecule has 3 rings (SSSR count). The Bertz CT molecular complexity index is 751. The number of nitrogens with zero attached hydrogens (tertiary/aromatic N) is 2. The Hall–Kier alpha value is -1.60. The molecule has 1 aromatic rings. The maximum atomic E-state index is 12.6. The van der Waals surface area contributed by atoms with Crippen molar-refractivity contribution in [2.24, 2.45) is 0 Å². The molecule has 6 nitrogen and oxygen atoms in total. The fourth-order valence-corrected chi connectivity index (χ4v) is 5.79. The van der Waals surface area contributed by atoms with Crippen molar-refractivity contribution in [1.29, 1.82) is 0 Å². The van der Waals surface area contributed by atoms with Gasteiger partial charge in [0.1, 0.15) is 0 Å². The highest BCUT2D eigenvalue weighted by Crippen LogP contribution is 2.30. The number of carbonyl (C=O) groups is 1. The minimum atomic E-state index is -3.19. The Morgan fingerprint density at radius 2 is 1.70 bits per heavy atom. The van der Waals surface area contributed by atoms with Crippen LogP contribution in [0.1, 0.15) is 55.3 Å². The zero-order valence-electron chi connectivity index (χ0n) is 16.4. The van der Waals surface area contributed by atoms with Gasteiger partial charge in [-0.1, -0.05) is 25.7 Å². The highest BCUT2D eigenvalue weighted by Gasteiger charge is 2.33. The summed E-state index contributed by atoms with van der Waals surface area (Å²) in [4.78, 5) is 14.9. The smallest absolute Gasteiger partial charge is 0.251 e. The van der Waals surface area contributed by atoms with Crippen molar-refractivity contribution in [2.45, 2.75) is 50.5 Å². The van der Waals surface area contributed by atoms with E-state index in [4.69, 9.17) is 0 Å². The number of carbonyl (C=O) groups excluding carboxylic acids is 1. The Labute approximate surface area is 163 Å². The quantitative estimate of drug-likeness (QED) is 0.781. The van der Waals surface area contributed by atoms with Crippen LogP contribution >= 0.6 is 0 Å². The van der Waals surface area contributed by atoms with Crippen LogP contribution in [0.3, 0.4) is 0 Å². The Morgan fingerprint density at radius 1 is 1.07 bits per heavy atom. The summed E-state index contributed by atoms with van der Waals surface area (Å²) in [5.74, 6) is 0.0956. The van der Waals surface area contributed by atoms with E-state index in [1.165, 1.54) is 30.0 Å². The van der Waals surface area contributed by atoms with Gasteiger partial charge in [0, 0.05) is 24.2 Å². The van der Waals surface area contributed by atoms with Crippen LogP contribution < -0.4 is 9.62 Å². The van der Waals surface area contributed by atoms with Crippen molar-refractivity contribution in [2.75, 3.05) is 37.2 Å². The molecule has 1 N–H and O–H groups in total. The number of amides is 1. The minimum Gasteiger partial charge on any atom is -0.350 e. The van der Waals surface area contributed by atoms with Crippen LogP contribution in [0.25, 0.3) is 0 Å². The first-order valence-electron chi connectivity index (χ1n) is 9.90. The molecule has 0 unspecified atom stereocenters. The molecule has 1 amide bonds. The fourth-order valence-electron chi connectivity index (χ4n) is 4.22. The number of sulfonamides is 1. The molecular weight excluding hydrogens is 362 g/mol. The molecule has 1 saturated heterocycles. The van der Waals surface area contributed by atoms with Gasteiger partial charge in [-0.15, -0.1) is 0 Å². The van der Waals surface area contributed by atoms with Gasteiger partial charge in [0.25, 0.3) is 5.91 Å². The summed E-state index contributed by atoms with van der Waals surface area (Å²) in [5, 5.41) is 3.11. The van der Waals surface area contributed by atoms with E-state index in [1.54, 1.807) is 24.3 Å². The largest absolute Gasteiger partial charge is 0.350 e. The maximum Gasteiger partial charge on any atom is 0.251 e. The van der Waals surface area contributed by atoms with E-state index < -0.39 is 10.0 Å². The van der Waals surface area contributed by atoms with Crippen molar-refractivity contribution in [3.8, 4) is 0 Å². The molecule has 1 heterocycles. The molecule has 0 spiro atoms. The number of hydrogen-bond acceptors (Lipinski definition) is 4. The molecule has 1 aromatic carbocycles. The Kier molecular flexibility index (Phi) is 6.11. The highest BCUT2D eigenvalue weighted by atomic mass is 32.2. The second kappa shape index (κ2) is 8.19. The topological polar surface area (TPSA) is 69.7 Å². The lowest BCUT2D eigenvalue weighted by molar-refractivity contribution is 0.0869. The van der Waals surface area contributed by atoms with E-state index in [9.17, 15) is 13.2 Å². The van der Waals surface area contributed by atoms with Crippen LogP contribution in [-0.2, 0) is 10.0 Å². The lowest BCUT2D eigenvalue weighted by Crippen LogP contribution is -2.52. The van der Waals surface area contributed by atoms with E-state index >= 15 is 0 Å². The summed E-state index contributed by atoms with van der Waals surface area (Å²) in [7, 11) is 1.01. The van der Waals surface area contributed by atoms with Crippen molar-refractivity contribution in [3.63, 3.8) is 0 Å². The number of likely N-dealkylation sites (N-methyl/N-ethyl adjacent to an activating group) is 1. The van der Waals surface area contributed by atoms with Gasteiger partial charge in [0.2, 0.25) is 10.0 Å². The zero-order valence-corrected chi connectivity index (χ0v) is 17.2. The lowest BCUT2D eigenvalue weighted by Gasteiger charge is -2.39. The van der Waals surface area contributed by atoms with E-state index in [1.807, 2.05) is 0 Å². The summed E-state index contributed by atoms with van der Waals surface area (Å²) in [6, 6.07) is 6.89. The summed E-state index contributed by atoms with van der Waals surface area (Å²) >= 11 is 0. The van der Waals surface area contributed by atoms with E-state index in [-0.39, 0.29) is 17.2 Å². The molecule has 1 aliphatic carbocycles. The van der Waals surface area contributed by atoms with E-state index in [2.05, 4.69) is 24.3 Å². The standard InChI is InChI=1S/C20H31N3O3S/c1-22(2)20(12-5-3-4-6-13-20)16-21-19(24)17-8-10-18(11-9-17)23-14-7-15-27(23,25)26/h8-11H,3-7,12-16H2,1-2H3,(H,21,24). The maximum absolute atomic E-state index is 12.6. The van der Waals surface area contributed by atoms with Gasteiger partial charge in [-0.3, -0.25) is 9.10 Å². The molecule has 0 radical (unpaired) electrons. The van der Waals surface area contributed by atoms with Gasteiger partial charge in [-0.05, 0) is 57.6 Å². The monoisotopic (exact) mass is 393 g/mol. The van der Waals surface area contributed by atoms with Gasteiger partial charge in [0.05, 0.1) is 11.4 Å². The van der Waals surface area contributed by atoms with Crippen LogP contribution in [-0.4, -0.2) is 57.7 Å². The summed E-state index contributed by atoms with van der Waals surface area (Å²) in [6.07, 6.45) is 7.80. The molecule has 1 saturated carbocycles. The van der Waals surface area contributed by atoms with Crippen molar-refractivity contribution in [1.82, 2.24) is 10.2 Å². The Morgan fingerprint density at radius 3 is 2.22 bits per heavy atom. The van der Waals surface area contributed by atoms with Crippen molar-refractivity contribution in [3.05, 3.63) is 29.8 Å². The third kappa shape index (κ3) is 4.46. The second-order valence-electron chi connectivity index (χ2n) is 8.00. The molecule has 0 bridgehead atoms. The van der Waals surface area contributed by atoms with Gasteiger partial charge < -0.3 is 10.2 Å². The number of benzene rings is 1. The van der Waals surface area contributed by atoms with Gasteiger partial charge in [-0.2, -0.15) is 0 Å². The molecule has 1 aliphatic heterocycles. The predicted octanol–water partition coefficient (Wildman–Crippen LogP) is 2.61. The first-order valence-corrected chi connectivity index (χ1v) is 11.5. The van der Waals surface area contributed by atoms with E-state index in [0.29, 0.717) is 30.8 Å². The summed E-state index contributed by atoms with van der Waals surface area (Å²) in [6.45, 7) is 1.15. The Balaban J connectivity index is 1.65. The molecule has 2 aliphatic rings. The van der Waals surface area contributed by atoms with Crippen LogP contribution in [0.5, 0.6) is 0 Å². The molecule has 0 aromatic heterocycles. The van der Waals surface area contributed by atoms with Crippen LogP contribution in [0, 0.1) is 0 Å². The van der Waals surface area contributed by atoms with E-state index in [0.717, 1.165) is 12.8 Å². The van der Waals surface area contributed by atoms with Crippen LogP contribution in [0.15, 0.2) is 24.3 Å². The van der Waals surface area contributed by atoms with Gasteiger partial charge in [0.15, 0.2) is 0 Å². The third-order valence-electron chi connectivity index (χ3n) is 6.08. The molecule has 2 fully saturated rings. The average Bonchev–Trinajstić information content (AvgIpc) is 2.84. The number of hydrogen-bond donors (Lipinski definition) is 1. The second-order valence-corrected chi connectivity index (χ2v) is 10.0. The number of nitrogens with one attached hydrogen (secondary N) is 1. The molecule has 150 valence electrons. The molecule has 27 heavy (non-hydrogen) atoms. The first kappa shape index (κ1) is 20.1. The van der Waals surface area contributed by atoms with Crippen LogP contribution in [0.2, 0.25) is 0 Å². The summed E-state index contributed by atoms with van der Waals surface area (Å²) < 4.78 is 25.5. The van der Waals surface area contributed by atoms with Gasteiger partial charge >= 0.3 is 0 Å². The van der Waals surface area contributed by atoms with Crippen LogP contribution in [0.4, 0.5) is 5.69 Å². The number of anilines is 1. The highest BCUT2D eigenvalue weighted by molar-refractivity contribution is 7.93. The molecule has 0 atom stereocenters. The third-order valence-corrected chi connectivity index (χ3v) is 7.95. The zero-order chi connectivity index (χ0) is 19.5. The summed E-state index contributed by atoms with van der Waals surface area (Å²) in [5.41, 5.74) is 1.23. The normalized spacial score (nSPS) is 21.8. The minimum absolute atomic E-state index is 0.0235. The molecule has 7 heteroatoms. The fraction of sp³-hybridized carbons (Fsp3) is 0.650. The number of rotatable bonds is 5. The molecular formula is C20H31N3O3S. The SMILES string of the molecule is CN(C)C1(CNC(=O)c2ccc(N3CCCS3(=O)=O)cc2)CCCCCC1. The van der Waals surface area contributed by atoms with Gasteiger partial charge in [-0.25, -0.2) is 8.42 Å². The average molecular weight is 394 g/mol. The first-order chi connectivity index (χ1) is 12.8. The van der Waals surface area contributed by atoms with Crippen molar-refractivity contribution < 1.29 is 13.2 Å².